The number of piperidine rings is 1. The van der Waals surface area contributed by atoms with Gasteiger partial charge >= 0.3 is 0 Å². The summed E-state index contributed by atoms with van der Waals surface area (Å²) in [6.07, 6.45) is 5.93. The fourth-order valence-electron chi connectivity index (χ4n) is 4.72. The van der Waals surface area contributed by atoms with Gasteiger partial charge in [0.25, 0.3) is 0 Å². The van der Waals surface area contributed by atoms with Crippen LogP contribution in [0.4, 0.5) is 10.2 Å². The topological polar surface area (TPSA) is 74.2 Å². The SMILES string of the molecule is OC(c1cc(F)ccc1-c1ncccn1)N1CC2CC(Nc3ccc(Cl)cn3)C1C2. The maximum atomic E-state index is 14.1. The maximum absolute atomic E-state index is 14.1. The molecule has 3 heterocycles. The molecule has 4 unspecified atom stereocenters. The third-order valence-corrected chi connectivity index (χ3v) is 6.22. The van der Waals surface area contributed by atoms with Gasteiger partial charge in [0.05, 0.1) is 5.02 Å². The van der Waals surface area contributed by atoms with Gasteiger partial charge in [-0.3, -0.25) is 4.90 Å². The third-order valence-electron chi connectivity index (χ3n) is 5.99. The standard InChI is InChI=1S/C22H21ClFN5O/c23-14-2-5-20(27-11-14)28-18-8-13-9-19(18)29(12-13)22(30)17-10-15(24)3-4-16(17)21-25-6-1-7-26-21/h1-7,10-11,13,18-19,22,30H,8-9,12H2,(H,27,28). The van der Waals surface area contributed by atoms with Gasteiger partial charge in [0, 0.05) is 48.3 Å². The van der Waals surface area contributed by atoms with Gasteiger partial charge in [0.1, 0.15) is 17.9 Å². The van der Waals surface area contributed by atoms with Crippen LogP contribution in [0, 0.1) is 11.7 Å². The molecular weight excluding hydrogens is 405 g/mol. The summed E-state index contributed by atoms with van der Waals surface area (Å²) in [5.74, 6) is 1.30. The summed E-state index contributed by atoms with van der Waals surface area (Å²) in [5.41, 5.74) is 1.12. The molecule has 2 aliphatic rings. The first-order chi connectivity index (χ1) is 14.6. The Morgan fingerprint density at radius 1 is 1.13 bits per heavy atom. The number of anilines is 1. The Labute approximate surface area is 178 Å². The maximum Gasteiger partial charge on any atom is 0.159 e. The van der Waals surface area contributed by atoms with Crippen molar-refractivity contribution >= 4 is 17.4 Å². The highest BCUT2D eigenvalue weighted by Crippen LogP contribution is 2.43. The second-order valence-corrected chi connectivity index (χ2v) is 8.33. The molecule has 2 fully saturated rings. The van der Waals surface area contributed by atoms with Gasteiger partial charge in [0.2, 0.25) is 0 Å². The van der Waals surface area contributed by atoms with Crippen molar-refractivity contribution in [2.75, 3.05) is 11.9 Å². The van der Waals surface area contributed by atoms with Gasteiger partial charge in [0.15, 0.2) is 5.82 Å². The van der Waals surface area contributed by atoms with Gasteiger partial charge < -0.3 is 10.4 Å². The van der Waals surface area contributed by atoms with E-state index in [-0.39, 0.29) is 12.1 Å². The Balaban J connectivity index is 1.41. The van der Waals surface area contributed by atoms with E-state index in [0.717, 1.165) is 25.2 Å². The van der Waals surface area contributed by atoms with Gasteiger partial charge in [-0.2, -0.15) is 0 Å². The van der Waals surface area contributed by atoms with Gasteiger partial charge in [-0.25, -0.2) is 19.3 Å². The molecule has 0 amide bonds. The van der Waals surface area contributed by atoms with E-state index < -0.39 is 12.0 Å². The Morgan fingerprint density at radius 3 is 2.70 bits per heavy atom. The average Bonchev–Trinajstić information content (AvgIpc) is 3.36. The lowest BCUT2D eigenvalue weighted by atomic mass is 10.0. The van der Waals surface area contributed by atoms with Crippen LogP contribution in [0.15, 0.2) is 55.0 Å². The number of aliphatic hydroxyl groups is 1. The number of likely N-dealkylation sites (tertiary alicyclic amines) is 1. The molecule has 6 nitrogen and oxygen atoms in total. The fourth-order valence-corrected chi connectivity index (χ4v) is 4.83. The van der Waals surface area contributed by atoms with Crippen LogP contribution in [0.5, 0.6) is 0 Å². The van der Waals surface area contributed by atoms with E-state index in [2.05, 4.69) is 20.3 Å². The molecule has 2 bridgehead atoms. The van der Waals surface area contributed by atoms with E-state index in [1.54, 1.807) is 36.8 Å². The lowest BCUT2D eigenvalue weighted by molar-refractivity contribution is -0.0211. The molecule has 2 N–H and O–H groups in total. The number of hydrogen-bond donors (Lipinski definition) is 2. The predicted octanol–water partition coefficient (Wildman–Crippen LogP) is 3.90. The van der Waals surface area contributed by atoms with Crippen LogP contribution >= 0.6 is 11.6 Å². The highest BCUT2D eigenvalue weighted by molar-refractivity contribution is 6.30. The van der Waals surface area contributed by atoms with Crippen LogP contribution in [0.1, 0.15) is 24.6 Å². The number of halogens is 2. The zero-order valence-electron chi connectivity index (χ0n) is 16.1. The second kappa shape index (κ2) is 7.91. The smallest absolute Gasteiger partial charge is 0.159 e. The summed E-state index contributed by atoms with van der Waals surface area (Å²) in [5, 5.41) is 15.3. The van der Waals surface area contributed by atoms with Crippen LogP contribution in [-0.2, 0) is 0 Å². The number of hydrogen-bond acceptors (Lipinski definition) is 6. The lowest BCUT2D eigenvalue weighted by Crippen LogP contribution is -2.46. The zero-order chi connectivity index (χ0) is 20.7. The number of nitrogens with one attached hydrogen (secondary N) is 1. The Hall–Kier alpha value is -2.61. The molecule has 1 aliphatic carbocycles. The van der Waals surface area contributed by atoms with Crippen molar-refractivity contribution in [3.63, 3.8) is 0 Å². The summed E-state index contributed by atoms with van der Waals surface area (Å²) < 4.78 is 14.1. The Morgan fingerprint density at radius 2 is 1.97 bits per heavy atom. The first-order valence-corrected chi connectivity index (χ1v) is 10.3. The highest BCUT2D eigenvalue weighted by atomic mass is 35.5. The number of pyridine rings is 1. The van der Waals surface area contributed by atoms with E-state index in [4.69, 9.17) is 11.6 Å². The molecule has 1 aromatic carbocycles. The molecule has 1 aliphatic heterocycles. The molecule has 4 atom stereocenters. The Bertz CT molecular complexity index is 1040. The number of aliphatic hydroxyl groups excluding tert-OH is 1. The van der Waals surface area contributed by atoms with Crippen molar-refractivity contribution in [1.29, 1.82) is 0 Å². The van der Waals surface area contributed by atoms with Crippen LogP contribution < -0.4 is 5.32 Å². The summed E-state index contributed by atoms with van der Waals surface area (Å²) in [6.45, 7) is 0.768. The fraction of sp³-hybridized carbons (Fsp3) is 0.318. The molecule has 8 heteroatoms. The normalized spacial score (nSPS) is 24.2. The number of benzene rings is 1. The molecule has 1 saturated heterocycles. The summed E-state index contributed by atoms with van der Waals surface area (Å²) in [4.78, 5) is 14.9. The minimum Gasteiger partial charge on any atom is -0.374 e. The molecule has 30 heavy (non-hydrogen) atoms. The molecule has 1 saturated carbocycles. The van der Waals surface area contributed by atoms with Crippen LogP contribution in [0.25, 0.3) is 11.4 Å². The van der Waals surface area contributed by atoms with Gasteiger partial charge in [-0.15, -0.1) is 0 Å². The van der Waals surface area contributed by atoms with Crippen molar-refractivity contribution in [1.82, 2.24) is 19.9 Å². The summed E-state index contributed by atoms with van der Waals surface area (Å²) >= 11 is 5.93. The van der Waals surface area contributed by atoms with E-state index in [0.29, 0.717) is 27.9 Å². The summed E-state index contributed by atoms with van der Waals surface area (Å²) in [7, 11) is 0. The molecule has 3 aromatic rings. The summed E-state index contributed by atoms with van der Waals surface area (Å²) in [6, 6.07) is 10.0. The van der Waals surface area contributed by atoms with Crippen molar-refractivity contribution in [2.24, 2.45) is 5.92 Å². The van der Waals surface area contributed by atoms with E-state index in [1.165, 1.54) is 12.1 Å². The van der Waals surface area contributed by atoms with Crippen LogP contribution in [-0.4, -0.2) is 43.6 Å². The van der Waals surface area contributed by atoms with Gasteiger partial charge in [-0.1, -0.05) is 11.6 Å². The predicted molar refractivity (Wildman–Crippen MR) is 112 cm³/mol. The monoisotopic (exact) mass is 425 g/mol. The van der Waals surface area contributed by atoms with Crippen molar-refractivity contribution in [3.05, 3.63) is 71.4 Å². The third kappa shape index (κ3) is 3.64. The highest BCUT2D eigenvalue weighted by Gasteiger charge is 2.47. The second-order valence-electron chi connectivity index (χ2n) is 7.89. The lowest BCUT2D eigenvalue weighted by Gasteiger charge is -2.37. The quantitative estimate of drug-likeness (QED) is 0.646. The number of fused-ring (bicyclic) bond motifs is 2. The first kappa shape index (κ1) is 19.4. The van der Waals surface area contributed by atoms with Gasteiger partial charge in [-0.05, 0) is 55.2 Å². The van der Waals surface area contributed by atoms with E-state index >= 15 is 0 Å². The minimum absolute atomic E-state index is 0.121. The number of aromatic nitrogens is 3. The molecule has 0 radical (unpaired) electrons. The first-order valence-electron chi connectivity index (χ1n) is 9.97. The molecule has 2 aromatic heterocycles. The van der Waals surface area contributed by atoms with E-state index in [1.807, 2.05) is 11.0 Å². The van der Waals surface area contributed by atoms with Crippen molar-refractivity contribution in [3.8, 4) is 11.4 Å². The zero-order valence-corrected chi connectivity index (χ0v) is 16.9. The van der Waals surface area contributed by atoms with Crippen LogP contribution in [0.2, 0.25) is 5.02 Å². The average molecular weight is 426 g/mol. The molecule has 154 valence electrons. The number of rotatable bonds is 5. The van der Waals surface area contributed by atoms with E-state index in [9.17, 15) is 9.50 Å². The minimum atomic E-state index is -0.947. The Kier molecular flexibility index (Phi) is 5.10. The molecule has 5 rings (SSSR count). The van der Waals surface area contributed by atoms with Crippen molar-refractivity contribution < 1.29 is 9.50 Å². The van der Waals surface area contributed by atoms with Crippen molar-refractivity contribution in [2.45, 2.75) is 31.2 Å². The number of nitrogens with zero attached hydrogens (tertiary/aromatic N) is 4. The molecule has 0 spiro atoms. The molecular formula is C22H21ClFN5O. The van der Waals surface area contributed by atoms with Crippen LogP contribution in [0.3, 0.4) is 0 Å². The largest absolute Gasteiger partial charge is 0.374 e.